The third kappa shape index (κ3) is 2.50. The van der Waals surface area contributed by atoms with Crippen LogP contribution in [-0.4, -0.2) is 5.11 Å². The van der Waals surface area contributed by atoms with Crippen LogP contribution >= 0.6 is 0 Å². The molecule has 15 heavy (non-hydrogen) atoms. The minimum Gasteiger partial charge on any atom is -0.385 e. The molecule has 0 saturated heterocycles. The molecule has 1 aromatic rings. The van der Waals surface area contributed by atoms with Crippen molar-refractivity contribution in [1.29, 1.82) is 0 Å². The van der Waals surface area contributed by atoms with Gasteiger partial charge in [-0.25, -0.2) is 13.2 Å². The summed E-state index contributed by atoms with van der Waals surface area (Å²) in [7, 11) is 0. The van der Waals surface area contributed by atoms with Crippen LogP contribution in [0.2, 0.25) is 0 Å². The fourth-order valence-corrected chi connectivity index (χ4v) is 1.50. The van der Waals surface area contributed by atoms with E-state index in [4.69, 9.17) is 0 Å². The van der Waals surface area contributed by atoms with Gasteiger partial charge in [0.25, 0.3) is 0 Å². The standard InChI is InChI=1S/C11H13F3O/c1-3-4-11(2,15)7-5-8(12)10(14)9(13)6-7/h5-6,15H,3-4H2,1-2H3/t11-/m1/s1. The number of rotatable bonds is 3. The Morgan fingerprint density at radius 1 is 1.20 bits per heavy atom. The molecule has 0 spiro atoms. The summed E-state index contributed by atoms with van der Waals surface area (Å²) >= 11 is 0. The van der Waals surface area contributed by atoms with Crippen LogP contribution in [0.25, 0.3) is 0 Å². The van der Waals surface area contributed by atoms with Gasteiger partial charge in [0.1, 0.15) is 0 Å². The summed E-state index contributed by atoms with van der Waals surface area (Å²) in [6.07, 6.45) is 1.02. The normalized spacial score (nSPS) is 15.1. The van der Waals surface area contributed by atoms with Gasteiger partial charge in [-0.2, -0.15) is 0 Å². The molecule has 4 heteroatoms. The summed E-state index contributed by atoms with van der Waals surface area (Å²) in [6, 6.07) is 1.65. The molecular formula is C11H13F3O. The summed E-state index contributed by atoms with van der Waals surface area (Å²) in [4.78, 5) is 0. The van der Waals surface area contributed by atoms with E-state index in [9.17, 15) is 18.3 Å². The van der Waals surface area contributed by atoms with Crippen LogP contribution in [0, 0.1) is 17.5 Å². The van der Waals surface area contributed by atoms with Crippen molar-refractivity contribution in [2.45, 2.75) is 32.3 Å². The Balaban J connectivity index is 3.16. The zero-order chi connectivity index (χ0) is 11.6. The van der Waals surface area contributed by atoms with Crippen LogP contribution in [0.1, 0.15) is 32.3 Å². The van der Waals surface area contributed by atoms with Crippen LogP contribution in [0.5, 0.6) is 0 Å². The van der Waals surface area contributed by atoms with E-state index in [0.29, 0.717) is 12.8 Å². The number of benzene rings is 1. The van der Waals surface area contributed by atoms with Gasteiger partial charge in [-0.3, -0.25) is 0 Å². The first-order valence-corrected chi connectivity index (χ1v) is 4.76. The summed E-state index contributed by atoms with van der Waals surface area (Å²) in [5.41, 5.74) is -1.27. The average Bonchev–Trinajstić information content (AvgIpc) is 2.13. The van der Waals surface area contributed by atoms with E-state index in [2.05, 4.69) is 0 Å². The SMILES string of the molecule is CCC[C@@](C)(O)c1cc(F)c(F)c(F)c1. The Morgan fingerprint density at radius 2 is 1.67 bits per heavy atom. The van der Waals surface area contributed by atoms with Crippen LogP contribution in [0.15, 0.2) is 12.1 Å². The van der Waals surface area contributed by atoms with Gasteiger partial charge >= 0.3 is 0 Å². The van der Waals surface area contributed by atoms with Crippen LogP contribution < -0.4 is 0 Å². The minimum absolute atomic E-state index is 0.0563. The van der Waals surface area contributed by atoms with Crippen molar-refractivity contribution in [1.82, 2.24) is 0 Å². The molecule has 1 nitrogen and oxygen atoms in total. The van der Waals surface area contributed by atoms with E-state index >= 15 is 0 Å². The average molecular weight is 218 g/mol. The van der Waals surface area contributed by atoms with Crippen molar-refractivity contribution in [2.75, 3.05) is 0 Å². The third-order valence-electron chi connectivity index (χ3n) is 2.34. The highest BCUT2D eigenvalue weighted by molar-refractivity contribution is 5.24. The number of hydrogen-bond acceptors (Lipinski definition) is 1. The molecule has 0 saturated carbocycles. The molecule has 0 unspecified atom stereocenters. The van der Waals surface area contributed by atoms with Crippen molar-refractivity contribution < 1.29 is 18.3 Å². The Morgan fingerprint density at radius 3 is 2.07 bits per heavy atom. The van der Waals surface area contributed by atoms with Gasteiger partial charge in [0.05, 0.1) is 5.60 Å². The van der Waals surface area contributed by atoms with Gasteiger partial charge in [0.15, 0.2) is 17.5 Å². The molecule has 0 fully saturated rings. The molecule has 0 aromatic heterocycles. The van der Waals surface area contributed by atoms with E-state index in [-0.39, 0.29) is 5.56 Å². The van der Waals surface area contributed by atoms with Gasteiger partial charge in [-0.1, -0.05) is 13.3 Å². The zero-order valence-electron chi connectivity index (χ0n) is 8.65. The Kier molecular flexibility index (Phi) is 3.39. The molecule has 1 N–H and O–H groups in total. The molecule has 0 heterocycles. The number of aliphatic hydroxyl groups is 1. The molecular weight excluding hydrogens is 205 g/mol. The quantitative estimate of drug-likeness (QED) is 0.773. The van der Waals surface area contributed by atoms with Crippen molar-refractivity contribution in [3.8, 4) is 0 Å². The van der Waals surface area contributed by atoms with E-state index < -0.39 is 23.1 Å². The molecule has 0 bridgehead atoms. The van der Waals surface area contributed by atoms with Gasteiger partial charge in [0, 0.05) is 0 Å². The lowest BCUT2D eigenvalue weighted by molar-refractivity contribution is 0.0461. The van der Waals surface area contributed by atoms with Crippen LogP contribution in [-0.2, 0) is 5.60 Å². The summed E-state index contributed by atoms with van der Waals surface area (Å²) in [5.74, 6) is -4.06. The maximum absolute atomic E-state index is 12.9. The second-order valence-electron chi connectivity index (χ2n) is 3.78. The first-order chi connectivity index (χ1) is 6.88. The van der Waals surface area contributed by atoms with E-state index in [1.54, 1.807) is 0 Å². The highest BCUT2D eigenvalue weighted by atomic mass is 19.2. The van der Waals surface area contributed by atoms with E-state index in [1.165, 1.54) is 6.92 Å². The summed E-state index contributed by atoms with van der Waals surface area (Å²) in [6.45, 7) is 3.29. The van der Waals surface area contributed by atoms with Crippen molar-refractivity contribution >= 4 is 0 Å². The first-order valence-electron chi connectivity index (χ1n) is 4.76. The molecule has 84 valence electrons. The lowest BCUT2D eigenvalue weighted by atomic mass is 9.91. The summed E-state index contributed by atoms with van der Waals surface area (Å²) in [5, 5.41) is 9.87. The number of halogens is 3. The maximum Gasteiger partial charge on any atom is 0.194 e. The number of hydrogen-bond donors (Lipinski definition) is 1. The predicted octanol–water partition coefficient (Wildman–Crippen LogP) is 3.11. The first kappa shape index (κ1) is 12.0. The lowest BCUT2D eigenvalue weighted by Crippen LogP contribution is -2.21. The van der Waals surface area contributed by atoms with Crippen molar-refractivity contribution in [2.24, 2.45) is 0 Å². The highest BCUT2D eigenvalue weighted by Gasteiger charge is 2.25. The monoisotopic (exact) mass is 218 g/mol. The fraction of sp³-hybridized carbons (Fsp3) is 0.455. The van der Waals surface area contributed by atoms with Gasteiger partial charge in [0.2, 0.25) is 0 Å². The fourth-order valence-electron chi connectivity index (χ4n) is 1.50. The zero-order valence-corrected chi connectivity index (χ0v) is 8.65. The Labute approximate surface area is 86.5 Å². The van der Waals surface area contributed by atoms with E-state index in [1.807, 2.05) is 6.92 Å². The minimum atomic E-state index is -1.51. The highest BCUT2D eigenvalue weighted by Crippen LogP contribution is 2.28. The van der Waals surface area contributed by atoms with Gasteiger partial charge in [-0.15, -0.1) is 0 Å². The van der Waals surface area contributed by atoms with Crippen LogP contribution in [0.4, 0.5) is 13.2 Å². The molecule has 1 rings (SSSR count). The molecule has 0 aliphatic heterocycles. The smallest absolute Gasteiger partial charge is 0.194 e. The third-order valence-corrected chi connectivity index (χ3v) is 2.34. The Bertz CT molecular complexity index is 338. The largest absolute Gasteiger partial charge is 0.385 e. The predicted molar refractivity (Wildman–Crippen MR) is 50.8 cm³/mol. The molecule has 0 amide bonds. The second-order valence-corrected chi connectivity index (χ2v) is 3.78. The molecule has 0 aliphatic rings. The van der Waals surface area contributed by atoms with Gasteiger partial charge in [-0.05, 0) is 31.0 Å². The maximum atomic E-state index is 12.9. The second kappa shape index (κ2) is 4.23. The molecule has 0 aliphatic carbocycles. The van der Waals surface area contributed by atoms with Crippen LogP contribution in [0.3, 0.4) is 0 Å². The van der Waals surface area contributed by atoms with Crippen molar-refractivity contribution in [3.63, 3.8) is 0 Å². The molecule has 1 atom stereocenters. The lowest BCUT2D eigenvalue weighted by Gasteiger charge is -2.23. The van der Waals surface area contributed by atoms with E-state index in [0.717, 1.165) is 12.1 Å². The van der Waals surface area contributed by atoms with Crippen molar-refractivity contribution in [3.05, 3.63) is 35.1 Å². The van der Waals surface area contributed by atoms with Gasteiger partial charge < -0.3 is 5.11 Å². The topological polar surface area (TPSA) is 20.2 Å². The molecule has 1 aromatic carbocycles. The summed E-state index contributed by atoms with van der Waals surface area (Å²) < 4.78 is 38.4. The Hall–Kier alpha value is -1.03. The molecule has 0 radical (unpaired) electrons.